The van der Waals surface area contributed by atoms with E-state index in [1.54, 1.807) is 7.05 Å². The van der Waals surface area contributed by atoms with Crippen molar-refractivity contribution in [3.05, 3.63) is 70.8 Å². The maximum Gasteiger partial charge on any atom is 0.162 e. The second kappa shape index (κ2) is 6.05. The van der Waals surface area contributed by atoms with Gasteiger partial charge in [0.15, 0.2) is 11.6 Å². The number of rotatable bonds is 4. The average Bonchev–Trinajstić information content (AvgIpc) is 2.43. The number of nitrogens with one attached hydrogen (secondary N) is 1. The van der Waals surface area contributed by atoms with E-state index in [4.69, 9.17) is 0 Å². The molecule has 0 heterocycles. The van der Waals surface area contributed by atoms with Crippen molar-refractivity contribution < 1.29 is 17.6 Å². The van der Waals surface area contributed by atoms with Crippen molar-refractivity contribution in [2.45, 2.75) is 12.5 Å². The summed E-state index contributed by atoms with van der Waals surface area (Å²) in [6.45, 7) is 0. The Morgan fingerprint density at radius 1 is 1.00 bits per heavy atom. The molecule has 1 N–H and O–H groups in total. The van der Waals surface area contributed by atoms with Gasteiger partial charge in [-0.25, -0.2) is 17.6 Å². The Kier molecular flexibility index (Phi) is 4.39. The van der Waals surface area contributed by atoms with Crippen molar-refractivity contribution in [2.24, 2.45) is 0 Å². The number of likely N-dealkylation sites (N-methyl/N-ethyl adjacent to an activating group) is 1. The minimum Gasteiger partial charge on any atom is -0.313 e. The van der Waals surface area contributed by atoms with Crippen LogP contribution in [0.25, 0.3) is 0 Å². The summed E-state index contributed by atoms with van der Waals surface area (Å²) >= 11 is 0. The molecule has 5 heteroatoms. The molecule has 1 atom stereocenters. The minimum absolute atomic E-state index is 0.0144. The Morgan fingerprint density at radius 2 is 1.75 bits per heavy atom. The summed E-state index contributed by atoms with van der Waals surface area (Å²) in [5, 5.41) is 2.79. The molecule has 106 valence electrons. The largest absolute Gasteiger partial charge is 0.313 e. The molecule has 0 amide bonds. The first-order valence-electron chi connectivity index (χ1n) is 6.08. The number of hydrogen-bond donors (Lipinski definition) is 1. The van der Waals surface area contributed by atoms with Crippen LogP contribution in [0.15, 0.2) is 36.4 Å². The van der Waals surface area contributed by atoms with Crippen LogP contribution in [-0.4, -0.2) is 7.05 Å². The summed E-state index contributed by atoms with van der Waals surface area (Å²) in [5.74, 6) is -3.11. The van der Waals surface area contributed by atoms with E-state index < -0.39 is 29.3 Å². The number of benzene rings is 2. The first kappa shape index (κ1) is 14.5. The van der Waals surface area contributed by atoms with Crippen molar-refractivity contribution in [2.75, 3.05) is 7.05 Å². The lowest BCUT2D eigenvalue weighted by molar-refractivity contribution is 0.479. The van der Waals surface area contributed by atoms with Gasteiger partial charge in [0, 0.05) is 11.6 Å². The molecule has 20 heavy (non-hydrogen) atoms. The zero-order chi connectivity index (χ0) is 14.7. The van der Waals surface area contributed by atoms with Crippen LogP contribution in [0.5, 0.6) is 0 Å². The van der Waals surface area contributed by atoms with Gasteiger partial charge in [0.1, 0.15) is 11.6 Å². The van der Waals surface area contributed by atoms with E-state index in [1.165, 1.54) is 12.1 Å². The van der Waals surface area contributed by atoms with Gasteiger partial charge in [-0.15, -0.1) is 0 Å². The smallest absolute Gasteiger partial charge is 0.162 e. The lowest BCUT2D eigenvalue weighted by Gasteiger charge is -2.18. The standard InChI is InChI=1S/C15H13F4N/c1-20-14(11-8-10(16)5-6-12(11)17)7-9-3-2-4-13(18)15(9)19/h2-6,8,14,20H,7H2,1H3. The highest BCUT2D eigenvalue weighted by Crippen LogP contribution is 2.24. The molecule has 1 unspecified atom stereocenters. The van der Waals surface area contributed by atoms with Gasteiger partial charge in [0.25, 0.3) is 0 Å². The molecule has 0 aliphatic carbocycles. The Hall–Kier alpha value is -1.88. The van der Waals surface area contributed by atoms with Gasteiger partial charge in [-0.05, 0) is 43.3 Å². The fourth-order valence-electron chi connectivity index (χ4n) is 2.08. The molecule has 1 nitrogen and oxygen atoms in total. The van der Waals surface area contributed by atoms with Crippen LogP contribution in [0, 0.1) is 23.3 Å². The summed E-state index contributed by atoms with van der Waals surface area (Å²) in [4.78, 5) is 0. The van der Waals surface area contributed by atoms with Crippen LogP contribution in [0.2, 0.25) is 0 Å². The average molecular weight is 283 g/mol. The molecule has 0 aliphatic heterocycles. The van der Waals surface area contributed by atoms with Crippen LogP contribution >= 0.6 is 0 Å². The molecule has 2 aromatic carbocycles. The van der Waals surface area contributed by atoms with E-state index in [2.05, 4.69) is 5.32 Å². The summed E-state index contributed by atoms with van der Waals surface area (Å²) < 4.78 is 53.7. The van der Waals surface area contributed by atoms with Gasteiger partial charge >= 0.3 is 0 Å². The van der Waals surface area contributed by atoms with Crippen LogP contribution in [-0.2, 0) is 6.42 Å². The Morgan fingerprint density at radius 3 is 2.45 bits per heavy atom. The molecular weight excluding hydrogens is 270 g/mol. The third-order valence-electron chi connectivity index (χ3n) is 3.14. The van der Waals surface area contributed by atoms with Crippen molar-refractivity contribution in [1.29, 1.82) is 0 Å². The first-order valence-corrected chi connectivity index (χ1v) is 6.08. The molecule has 0 fully saturated rings. The third-order valence-corrected chi connectivity index (χ3v) is 3.14. The first-order chi connectivity index (χ1) is 9.52. The highest BCUT2D eigenvalue weighted by molar-refractivity contribution is 5.27. The molecule has 0 saturated carbocycles. The molecular formula is C15H13F4N. The summed E-state index contributed by atoms with van der Waals surface area (Å²) in [6.07, 6.45) is 0.0144. The highest BCUT2D eigenvalue weighted by Gasteiger charge is 2.18. The van der Waals surface area contributed by atoms with E-state index in [-0.39, 0.29) is 17.5 Å². The fraction of sp³-hybridized carbons (Fsp3) is 0.200. The third kappa shape index (κ3) is 2.99. The fourth-order valence-corrected chi connectivity index (χ4v) is 2.08. The molecule has 0 aliphatic rings. The van der Waals surface area contributed by atoms with Crippen LogP contribution < -0.4 is 5.32 Å². The highest BCUT2D eigenvalue weighted by atomic mass is 19.2. The summed E-state index contributed by atoms with van der Waals surface area (Å²) in [7, 11) is 1.55. The van der Waals surface area contributed by atoms with Gasteiger partial charge in [0.05, 0.1) is 0 Å². The van der Waals surface area contributed by atoms with Gasteiger partial charge in [-0.1, -0.05) is 12.1 Å². The maximum atomic E-state index is 13.7. The lowest BCUT2D eigenvalue weighted by Crippen LogP contribution is -2.21. The zero-order valence-corrected chi connectivity index (χ0v) is 10.8. The number of hydrogen-bond acceptors (Lipinski definition) is 1. The van der Waals surface area contributed by atoms with E-state index in [0.29, 0.717) is 0 Å². The Balaban J connectivity index is 2.34. The quantitative estimate of drug-likeness (QED) is 0.843. The molecule has 0 radical (unpaired) electrons. The Labute approximate surface area is 114 Å². The molecule has 2 rings (SSSR count). The topological polar surface area (TPSA) is 12.0 Å². The predicted octanol–water partition coefficient (Wildman–Crippen LogP) is 3.75. The molecule has 0 bridgehead atoms. The monoisotopic (exact) mass is 283 g/mol. The van der Waals surface area contributed by atoms with Crippen molar-refractivity contribution in [1.82, 2.24) is 5.32 Å². The van der Waals surface area contributed by atoms with Crippen LogP contribution in [0.3, 0.4) is 0 Å². The van der Waals surface area contributed by atoms with Gasteiger partial charge in [-0.2, -0.15) is 0 Å². The van der Waals surface area contributed by atoms with Gasteiger partial charge in [-0.3, -0.25) is 0 Å². The SMILES string of the molecule is CNC(Cc1cccc(F)c1F)c1cc(F)ccc1F. The summed E-state index contributed by atoms with van der Waals surface area (Å²) in [5.41, 5.74) is 0.184. The van der Waals surface area contributed by atoms with E-state index in [0.717, 1.165) is 24.3 Å². The van der Waals surface area contributed by atoms with Crippen molar-refractivity contribution in [3.63, 3.8) is 0 Å². The zero-order valence-electron chi connectivity index (χ0n) is 10.8. The predicted molar refractivity (Wildman–Crippen MR) is 68.2 cm³/mol. The van der Waals surface area contributed by atoms with E-state index in [1.807, 2.05) is 0 Å². The lowest BCUT2D eigenvalue weighted by atomic mass is 9.98. The Bertz CT molecular complexity index is 613. The van der Waals surface area contributed by atoms with E-state index >= 15 is 0 Å². The molecule has 0 spiro atoms. The van der Waals surface area contributed by atoms with Crippen molar-refractivity contribution in [3.8, 4) is 0 Å². The maximum absolute atomic E-state index is 13.7. The molecule has 0 aromatic heterocycles. The minimum atomic E-state index is -0.968. The second-order valence-electron chi connectivity index (χ2n) is 4.42. The second-order valence-corrected chi connectivity index (χ2v) is 4.42. The van der Waals surface area contributed by atoms with Gasteiger partial charge < -0.3 is 5.32 Å². The van der Waals surface area contributed by atoms with Crippen LogP contribution in [0.4, 0.5) is 17.6 Å². The molecule has 0 saturated heterocycles. The van der Waals surface area contributed by atoms with Crippen molar-refractivity contribution >= 4 is 0 Å². The molecule has 2 aromatic rings. The number of halogens is 4. The van der Waals surface area contributed by atoms with Crippen LogP contribution in [0.1, 0.15) is 17.2 Å². The normalized spacial score (nSPS) is 12.4. The van der Waals surface area contributed by atoms with Gasteiger partial charge in [0.2, 0.25) is 0 Å². The van der Waals surface area contributed by atoms with E-state index in [9.17, 15) is 17.6 Å². The summed E-state index contributed by atoms with van der Waals surface area (Å²) in [6, 6.07) is 6.22.